The molecule has 5 heavy (non-hydrogen) atoms. The number of hydrogen-bond acceptors (Lipinski definition) is 0. The molecule has 0 rings (SSSR count). The maximum Gasteiger partial charge on any atom is 0 e. The minimum absolute atomic E-state index is 0. The summed E-state index contributed by atoms with van der Waals surface area (Å²) in [4.78, 5) is 0. The Bertz CT molecular complexity index is 3.61. The van der Waals surface area contributed by atoms with Crippen molar-refractivity contribution in [1.82, 2.24) is 0 Å². The minimum Gasteiger partial charge on any atom is 0 e. The van der Waals surface area contributed by atoms with Crippen LogP contribution in [0, 0.1) is 0 Å². The molecule has 8 valence electrons. The summed E-state index contributed by atoms with van der Waals surface area (Å²) in [6, 6.07) is 0. The van der Waals surface area contributed by atoms with Crippen LogP contribution in [0.4, 0.5) is 0 Å². The normalized spacial score (nSPS) is 0. The average Bonchev–Trinajstić information content (AvgIpc) is 0. The molecule has 0 unspecified atom stereocenters. The third-order valence-corrected chi connectivity index (χ3v) is 0. The van der Waals surface area contributed by atoms with Crippen molar-refractivity contribution >= 4 is 142 Å². The smallest absolute Gasteiger partial charge is 0 e. The predicted octanol–water partition coefficient (Wildman–Crippen LogP) is -1.90. The first-order valence-corrected chi connectivity index (χ1v) is 0. The predicted molar refractivity (Wildman–Crippen MR) is 28.8 cm³/mol. The molecular weight excluding hydrogens is 211 g/mol. The van der Waals surface area contributed by atoms with Gasteiger partial charge < -0.3 is 0 Å². The number of hydrogen-bond donors (Lipinski definition) is 0. The van der Waals surface area contributed by atoms with E-state index in [0.717, 1.165) is 0 Å². The molecule has 0 bridgehead atoms. The molecule has 5 heteroatoms. The first kappa shape index (κ1) is 32.9. The van der Waals surface area contributed by atoms with Gasteiger partial charge in [-0.1, -0.05) is 0 Å². The van der Waals surface area contributed by atoms with Gasteiger partial charge in [-0.2, -0.15) is 0 Å². The molecule has 0 atom stereocenters. The van der Waals surface area contributed by atoms with Crippen LogP contribution in [0.5, 0.6) is 0 Å². The molecule has 8 radical (unpaired) electrons. The van der Waals surface area contributed by atoms with Crippen molar-refractivity contribution in [1.29, 1.82) is 0 Å². The minimum atomic E-state index is 0. The van der Waals surface area contributed by atoms with Crippen molar-refractivity contribution in [2.24, 2.45) is 0 Å². The molecule has 0 saturated heterocycles. The van der Waals surface area contributed by atoms with E-state index in [9.17, 15) is 0 Å². The van der Waals surface area contributed by atoms with E-state index in [2.05, 4.69) is 0 Å². The van der Waals surface area contributed by atoms with Crippen molar-refractivity contribution in [3.63, 3.8) is 0 Å². The van der Waals surface area contributed by atoms with Crippen LogP contribution < -0.4 is 0 Å². The fraction of sp³-hybridized carbons (Fsp3) is 0. The van der Waals surface area contributed by atoms with Crippen molar-refractivity contribution in [2.45, 2.75) is 0 Å². The largest absolute Gasteiger partial charge is 0 e. The van der Waals surface area contributed by atoms with Crippen LogP contribution in [0.25, 0.3) is 0 Å². The standard InChI is InChI=1S/4Na.Sn. The first-order valence-electron chi connectivity index (χ1n) is 0. The molecule has 0 aliphatic rings. The van der Waals surface area contributed by atoms with Gasteiger partial charge in [0.15, 0.2) is 0 Å². The van der Waals surface area contributed by atoms with Gasteiger partial charge in [-0.15, -0.1) is 0 Å². The molecule has 0 amide bonds. The quantitative estimate of drug-likeness (QED) is 0.410. The Morgan fingerprint density at radius 3 is 0.400 bits per heavy atom. The third-order valence-electron chi connectivity index (χ3n) is 0. The molecule has 0 saturated carbocycles. The molecule has 0 fully saturated rings. The molecule has 0 nitrogen and oxygen atoms in total. The summed E-state index contributed by atoms with van der Waals surface area (Å²) in [5.41, 5.74) is 0. The van der Waals surface area contributed by atoms with Gasteiger partial charge in [0, 0.05) is 142 Å². The van der Waals surface area contributed by atoms with E-state index in [-0.39, 0.29) is 142 Å². The van der Waals surface area contributed by atoms with Gasteiger partial charge in [0.2, 0.25) is 0 Å². The van der Waals surface area contributed by atoms with Crippen LogP contribution in [-0.2, 0) is 0 Å². The molecule has 0 aliphatic carbocycles. The Morgan fingerprint density at radius 1 is 0.400 bits per heavy atom. The second-order valence-electron chi connectivity index (χ2n) is 0. The van der Waals surface area contributed by atoms with Crippen LogP contribution in [0.1, 0.15) is 0 Å². The number of rotatable bonds is 0. The van der Waals surface area contributed by atoms with Gasteiger partial charge in [-0.25, -0.2) is 0 Å². The Hall–Kier alpha value is 4.80. The van der Waals surface area contributed by atoms with E-state index < -0.39 is 0 Å². The summed E-state index contributed by atoms with van der Waals surface area (Å²) < 4.78 is 0. The van der Waals surface area contributed by atoms with Gasteiger partial charge in [-0.05, 0) is 0 Å². The van der Waals surface area contributed by atoms with E-state index in [1.54, 1.807) is 0 Å². The van der Waals surface area contributed by atoms with E-state index in [4.69, 9.17) is 0 Å². The fourth-order valence-corrected chi connectivity index (χ4v) is 0. The van der Waals surface area contributed by atoms with Crippen LogP contribution >= 0.6 is 0 Å². The monoisotopic (exact) mass is 212 g/mol. The van der Waals surface area contributed by atoms with Crippen LogP contribution in [-0.4, -0.2) is 142 Å². The zero-order valence-electron chi connectivity index (χ0n) is 4.50. The van der Waals surface area contributed by atoms with Crippen LogP contribution in [0.3, 0.4) is 0 Å². The van der Waals surface area contributed by atoms with Crippen LogP contribution in [0.15, 0.2) is 0 Å². The molecular formula is Na4Sn. The summed E-state index contributed by atoms with van der Waals surface area (Å²) >= 11 is 0. The van der Waals surface area contributed by atoms with Crippen molar-refractivity contribution in [2.75, 3.05) is 0 Å². The van der Waals surface area contributed by atoms with Gasteiger partial charge in [0.1, 0.15) is 0 Å². The molecule has 0 aromatic rings. The second-order valence-corrected chi connectivity index (χ2v) is 0. The molecule has 0 aromatic carbocycles. The molecule has 0 spiro atoms. The van der Waals surface area contributed by atoms with Gasteiger partial charge in [0.05, 0.1) is 0 Å². The fourth-order valence-electron chi connectivity index (χ4n) is 0. The zero-order chi connectivity index (χ0) is 0. The maximum atomic E-state index is 0. The summed E-state index contributed by atoms with van der Waals surface area (Å²) in [6.45, 7) is 0. The van der Waals surface area contributed by atoms with Crippen molar-refractivity contribution in [3.8, 4) is 0 Å². The topological polar surface area (TPSA) is 0 Å². The van der Waals surface area contributed by atoms with E-state index >= 15 is 0 Å². The van der Waals surface area contributed by atoms with E-state index in [1.807, 2.05) is 0 Å². The summed E-state index contributed by atoms with van der Waals surface area (Å²) in [5, 5.41) is 0. The molecule has 0 aromatic heterocycles. The maximum absolute atomic E-state index is 0. The van der Waals surface area contributed by atoms with Gasteiger partial charge in [0.25, 0.3) is 0 Å². The Balaban J connectivity index is 0. The third kappa shape index (κ3) is 17.7. The molecule has 0 heterocycles. The first-order chi connectivity index (χ1) is 0. The van der Waals surface area contributed by atoms with Gasteiger partial charge in [-0.3, -0.25) is 0 Å². The average molecular weight is 211 g/mol. The zero-order valence-corrected chi connectivity index (χ0v) is 15.4. The Kier molecular flexibility index (Phi) is 153. The van der Waals surface area contributed by atoms with Gasteiger partial charge >= 0.3 is 0 Å². The Morgan fingerprint density at radius 2 is 0.400 bits per heavy atom. The second kappa shape index (κ2) is 23.2. The Labute approximate surface area is 138 Å². The van der Waals surface area contributed by atoms with E-state index in [1.165, 1.54) is 0 Å². The van der Waals surface area contributed by atoms with Crippen LogP contribution in [0.2, 0.25) is 0 Å². The van der Waals surface area contributed by atoms with Crippen molar-refractivity contribution < 1.29 is 0 Å². The summed E-state index contributed by atoms with van der Waals surface area (Å²) in [7, 11) is 0. The summed E-state index contributed by atoms with van der Waals surface area (Å²) in [6.07, 6.45) is 0. The van der Waals surface area contributed by atoms with Crippen molar-refractivity contribution in [3.05, 3.63) is 0 Å². The molecule has 0 aliphatic heterocycles. The summed E-state index contributed by atoms with van der Waals surface area (Å²) in [5.74, 6) is 0. The SMILES string of the molecule is [Na].[Na].[Na].[Na].[Sn]. The molecule has 0 N–H and O–H groups in total. The van der Waals surface area contributed by atoms with E-state index in [0.29, 0.717) is 0 Å².